The first-order valence-electron chi connectivity index (χ1n) is 9.99. The monoisotopic (exact) mass is 380 g/mol. The zero-order valence-electron chi connectivity index (χ0n) is 17.1. The number of fused-ring (bicyclic) bond motifs is 1. The Kier molecular flexibility index (Phi) is 6.15. The Morgan fingerprint density at radius 1 is 1.07 bits per heavy atom. The minimum Gasteiger partial charge on any atom is -0.330 e. The number of carbonyl (C=O) groups excluding carboxylic acids is 2. The third-order valence-corrected chi connectivity index (χ3v) is 5.15. The maximum absolute atomic E-state index is 13.1. The van der Waals surface area contributed by atoms with Gasteiger partial charge >= 0.3 is 0 Å². The number of rotatable bonds is 6. The number of hydrogen-bond donors (Lipinski definition) is 2. The number of nitrogens with two attached hydrogens (primary N) is 1. The molecule has 5 heteroatoms. The molecule has 0 aromatic heterocycles. The van der Waals surface area contributed by atoms with E-state index in [1.165, 1.54) is 11.1 Å². The van der Waals surface area contributed by atoms with E-state index < -0.39 is 0 Å². The maximum Gasteiger partial charge on any atom is 0.285 e. The summed E-state index contributed by atoms with van der Waals surface area (Å²) >= 11 is 0. The van der Waals surface area contributed by atoms with Crippen LogP contribution in [0.15, 0.2) is 48.5 Å². The topological polar surface area (TPSA) is 66.0 Å². The van der Waals surface area contributed by atoms with Gasteiger partial charge in [-0.1, -0.05) is 50.2 Å². The molecule has 0 radical (unpaired) electrons. The second-order valence-corrected chi connectivity index (χ2v) is 8.10. The molecule has 3 N–H and O–H groups in total. The number of para-hydroxylation sites is 2. The lowest BCUT2D eigenvalue weighted by Gasteiger charge is -2.30. The van der Waals surface area contributed by atoms with Crippen LogP contribution in [-0.2, 0) is 16.0 Å². The van der Waals surface area contributed by atoms with Crippen molar-refractivity contribution in [1.29, 1.82) is 0 Å². The van der Waals surface area contributed by atoms with Crippen LogP contribution in [0.3, 0.4) is 0 Å². The summed E-state index contributed by atoms with van der Waals surface area (Å²) in [6, 6.07) is 16.0. The molecular weight excluding hydrogens is 350 g/mol. The molecule has 148 valence electrons. The van der Waals surface area contributed by atoms with Crippen molar-refractivity contribution >= 4 is 23.2 Å². The third kappa shape index (κ3) is 4.60. The Morgan fingerprint density at radius 3 is 2.43 bits per heavy atom. The molecule has 5 nitrogen and oxygen atoms in total. The van der Waals surface area contributed by atoms with Crippen LogP contribution < -0.4 is 15.5 Å². The Morgan fingerprint density at radius 2 is 1.75 bits per heavy atom. The Hall–Kier alpha value is -2.66. The number of nitrogens with zero attached hydrogens (tertiary/aromatic N) is 1. The molecule has 2 amide bonds. The van der Waals surface area contributed by atoms with E-state index in [4.69, 9.17) is 0 Å². The van der Waals surface area contributed by atoms with E-state index in [-0.39, 0.29) is 30.4 Å². The summed E-state index contributed by atoms with van der Waals surface area (Å²) in [7, 11) is 0. The van der Waals surface area contributed by atoms with Crippen molar-refractivity contribution in [2.75, 3.05) is 16.8 Å². The molecule has 2 atom stereocenters. The molecule has 3 rings (SSSR count). The lowest BCUT2D eigenvalue weighted by Crippen LogP contribution is -2.92. The summed E-state index contributed by atoms with van der Waals surface area (Å²) in [6.45, 7) is 8.51. The van der Waals surface area contributed by atoms with Gasteiger partial charge in [0, 0.05) is 5.56 Å². The lowest BCUT2D eigenvalue weighted by molar-refractivity contribution is -0.710. The molecule has 0 unspecified atom stereocenters. The molecular formula is C23H30N3O2+. The van der Waals surface area contributed by atoms with Gasteiger partial charge in [0.05, 0.1) is 11.4 Å². The van der Waals surface area contributed by atoms with Crippen LogP contribution in [0.4, 0.5) is 11.4 Å². The Balaban J connectivity index is 1.68. The molecule has 2 aromatic carbocycles. The van der Waals surface area contributed by atoms with Crippen molar-refractivity contribution in [2.24, 2.45) is 5.92 Å². The normalized spacial score (nSPS) is 15.8. The highest BCUT2D eigenvalue weighted by Gasteiger charge is 2.32. The second-order valence-electron chi connectivity index (χ2n) is 8.10. The number of quaternary nitrogens is 1. The quantitative estimate of drug-likeness (QED) is 0.809. The van der Waals surface area contributed by atoms with Crippen molar-refractivity contribution in [3.05, 3.63) is 59.7 Å². The van der Waals surface area contributed by atoms with Crippen LogP contribution in [-0.4, -0.2) is 24.4 Å². The van der Waals surface area contributed by atoms with E-state index in [1.54, 1.807) is 4.90 Å². The van der Waals surface area contributed by atoms with E-state index in [0.717, 1.165) is 12.1 Å². The summed E-state index contributed by atoms with van der Waals surface area (Å²) < 4.78 is 0. The van der Waals surface area contributed by atoms with E-state index >= 15 is 0 Å². The fourth-order valence-electron chi connectivity index (χ4n) is 3.73. The minimum absolute atomic E-state index is 0.0504. The van der Waals surface area contributed by atoms with Gasteiger partial charge in [-0.15, -0.1) is 0 Å². The van der Waals surface area contributed by atoms with Crippen LogP contribution >= 0.6 is 0 Å². The predicted octanol–water partition coefficient (Wildman–Crippen LogP) is 2.88. The largest absolute Gasteiger partial charge is 0.330 e. The molecule has 0 bridgehead atoms. The molecule has 0 saturated carbocycles. The fourth-order valence-corrected chi connectivity index (χ4v) is 3.73. The summed E-state index contributed by atoms with van der Waals surface area (Å²) in [6.07, 6.45) is 1.07. The number of nitrogens with one attached hydrogen (secondary N) is 1. The summed E-state index contributed by atoms with van der Waals surface area (Å²) in [5.74, 6) is 0.427. The highest BCUT2D eigenvalue weighted by Crippen LogP contribution is 2.29. The number of amides is 2. The van der Waals surface area contributed by atoms with E-state index in [9.17, 15) is 9.59 Å². The number of carbonyl (C=O) groups is 2. The second kappa shape index (κ2) is 8.57. The average Bonchev–Trinajstić information content (AvgIpc) is 2.66. The van der Waals surface area contributed by atoms with Gasteiger partial charge in [0.2, 0.25) is 5.91 Å². The van der Waals surface area contributed by atoms with Crippen molar-refractivity contribution in [3.63, 3.8) is 0 Å². The van der Waals surface area contributed by atoms with Gasteiger partial charge in [-0.25, -0.2) is 0 Å². The van der Waals surface area contributed by atoms with Gasteiger partial charge in [0.25, 0.3) is 5.91 Å². The SMILES string of the molecule is CC(C)Cc1ccc([C@H](C)[NH2+][C@@H](C)C(=O)N2CC(=O)Nc3ccccc32)cc1. The minimum atomic E-state index is -0.288. The molecule has 1 aliphatic heterocycles. The van der Waals surface area contributed by atoms with Crippen molar-refractivity contribution in [2.45, 2.75) is 46.2 Å². The third-order valence-electron chi connectivity index (χ3n) is 5.15. The standard InChI is InChI=1S/C23H29N3O2/c1-15(2)13-18-9-11-19(12-10-18)16(3)24-17(4)23(28)26-14-22(27)25-20-7-5-6-8-21(20)26/h5-12,15-17,24H,13-14H2,1-4H3,(H,25,27)/p+1/t16-,17-/m0/s1. The van der Waals surface area contributed by atoms with Crippen molar-refractivity contribution in [3.8, 4) is 0 Å². The van der Waals surface area contributed by atoms with Gasteiger partial charge in [-0.3, -0.25) is 14.5 Å². The molecule has 1 heterocycles. The van der Waals surface area contributed by atoms with Crippen LogP contribution in [0.1, 0.15) is 44.9 Å². The molecule has 0 spiro atoms. The molecule has 0 aliphatic carbocycles. The molecule has 28 heavy (non-hydrogen) atoms. The molecule has 1 aliphatic rings. The molecule has 2 aromatic rings. The number of hydrogen-bond acceptors (Lipinski definition) is 2. The average molecular weight is 381 g/mol. The predicted molar refractivity (Wildman–Crippen MR) is 112 cm³/mol. The van der Waals surface area contributed by atoms with E-state index in [2.05, 4.69) is 55.7 Å². The van der Waals surface area contributed by atoms with E-state index in [1.807, 2.05) is 31.2 Å². The first-order chi connectivity index (χ1) is 13.3. The van der Waals surface area contributed by atoms with Crippen molar-refractivity contribution in [1.82, 2.24) is 0 Å². The van der Waals surface area contributed by atoms with Gasteiger partial charge in [-0.2, -0.15) is 0 Å². The van der Waals surface area contributed by atoms with Crippen LogP contribution in [0, 0.1) is 5.92 Å². The molecule has 0 fully saturated rings. The van der Waals surface area contributed by atoms with Crippen LogP contribution in [0.2, 0.25) is 0 Å². The smallest absolute Gasteiger partial charge is 0.285 e. The fraction of sp³-hybridized carbons (Fsp3) is 0.391. The van der Waals surface area contributed by atoms with Gasteiger partial charge in [0.15, 0.2) is 6.04 Å². The lowest BCUT2D eigenvalue weighted by atomic mass is 9.99. The van der Waals surface area contributed by atoms with Crippen LogP contribution in [0.25, 0.3) is 0 Å². The summed E-state index contributed by atoms with van der Waals surface area (Å²) in [5, 5.41) is 4.89. The van der Waals surface area contributed by atoms with Crippen molar-refractivity contribution < 1.29 is 14.9 Å². The Bertz CT molecular complexity index is 845. The highest BCUT2D eigenvalue weighted by atomic mass is 16.2. The summed E-state index contributed by atoms with van der Waals surface area (Å²) in [5.41, 5.74) is 3.99. The van der Waals surface area contributed by atoms with Gasteiger partial charge in [-0.05, 0) is 43.9 Å². The maximum atomic E-state index is 13.1. The highest BCUT2D eigenvalue weighted by molar-refractivity contribution is 6.10. The first-order valence-corrected chi connectivity index (χ1v) is 9.99. The van der Waals surface area contributed by atoms with Gasteiger partial charge in [0.1, 0.15) is 12.6 Å². The first kappa shape index (κ1) is 20.1. The summed E-state index contributed by atoms with van der Waals surface area (Å²) in [4.78, 5) is 26.7. The Labute approximate surface area is 167 Å². The molecule has 0 saturated heterocycles. The van der Waals surface area contributed by atoms with Gasteiger partial charge < -0.3 is 10.6 Å². The number of benzene rings is 2. The van der Waals surface area contributed by atoms with Crippen LogP contribution in [0.5, 0.6) is 0 Å². The number of anilines is 2. The van der Waals surface area contributed by atoms with E-state index in [0.29, 0.717) is 11.6 Å². The zero-order valence-corrected chi connectivity index (χ0v) is 17.1. The zero-order chi connectivity index (χ0) is 20.3.